The van der Waals surface area contributed by atoms with Crippen LogP contribution in [0.4, 0.5) is 4.39 Å². The van der Waals surface area contributed by atoms with Crippen molar-refractivity contribution in [1.82, 2.24) is 0 Å². The van der Waals surface area contributed by atoms with Gasteiger partial charge in [-0.1, -0.05) is 113 Å². The number of rotatable bonds is 9. The van der Waals surface area contributed by atoms with E-state index in [0.717, 1.165) is 20.4 Å². The highest BCUT2D eigenvalue weighted by Gasteiger charge is 2.55. The summed E-state index contributed by atoms with van der Waals surface area (Å²) in [6.45, 7) is 4.30. The van der Waals surface area contributed by atoms with Crippen molar-refractivity contribution in [2.24, 2.45) is 0 Å². The maximum atomic E-state index is 14.4. The first-order chi connectivity index (χ1) is 20.5. The standard InChI is InChI=1S/C33H28BrFO6Si/c1-2-42(22-13-5-3-6-14-22,23-15-7-4-8-16-23)37-21-28-29-30(40-32(39-29)24-17-9-11-19-26(24)34)33(38-28)41-31(36)25-18-10-12-20-27(25)35/h2-20,28-30,32-33H,1,21H2/t28-,29-,30-,32-,33-/m1/s1. The molecule has 0 amide bonds. The number of benzene rings is 4. The fourth-order valence-electron chi connectivity index (χ4n) is 5.37. The number of hydrogen-bond acceptors (Lipinski definition) is 6. The maximum Gasteiger partial charge on any atom is 0.343 e. The summed E-state index contributed by atoms with van der Waals surface area (Å²) < 4.78 is 46.6. The average molecular weight is 648 g/mol. The molecule has 2 aliphatic rings. The van der Waals surface area contributed by atoms with Gasteiger partial charge in [-0.3, -0.25) is 0 Å². The number of ether oxygens (including phenoxy) is 4. The third-order valence-corrected chi connectivity index (χ3v) is 11.8. The topological polar surface area (TPSA) is 63.2 Å². The maximum absolute atomic E-state index is 14.4. The highest BCUT2D eigenvalue weighted by molar-refractivity contribution is 9.10. The lowest BCUT2D eigenvalue weighted by molar-refractivity contribution is -0.191. The molecule has 0 bridgehead atoms. The third-order valence-electron chi connectivity index (χ3n) is 7.47. The second kappa shape index (κ2) is 12.4. The zero-order chi connectivity index (χ0) is 29.1. The van der Waals surface area contributed by atoms with Crippen molar-refractivity contribution < 1.29 is 32.6 Å². The molecule has 4 aromatic carbocycles. The van der Waals surface area contributed by atoms with Gasteiger partial charge in [0, 0.05) is 10.0 Å². The zero-order valence-electron chi connectivity index (χ0n) is 22.5. The van der Waals surface area contributed by atoms with Gasteiger partial charge in [-0.05, 0) is 28.6 Å². The monoisotopic (exact) mass is 646 g/mol. The molecule has 6 rings (SSSR count). The van der Waals surface area contributed by atoms with Crippen molar-refractivity contribution in [3.63, 3.8) is 0 Å². The van der Waals surface area contributed by atoms with Crippen LogP contribution in [0.5, 0.6) is 0 Å². The first-order valence-corrected chi connectivity index (χ1v) is 16.3. The summed E-state index contributed by atoms with van der Waals surface area (Å²) in [5.41, 5.74) is 2.49. The van der Waals surface area contributed by atoms with Gasteiger partial charge in [0.1, 0.15) is 18.0 Å². The summed E-state index contributed by atoms with van der Waals surface area (Å²) in [6, 6.07) is 33.2. The first-order valence-electron chi connectivity index (χ1n) is 13.5. The molecule has 2 saturated heterocycles. The van der Waals surface area contributed by atoms with Crippen LogP contribution in [0.3, 0.4) is 0 Å². The molecule has 4 aromatic rings. The van der Waals surface area contributed by atoms with Crippen LogP contribution in [0.15, 0.2) is 126 Å². The number of carbonyl (C=O) groups is 1. The summed E-state index contributed by atoms with van der Waals surface area (Å²) in [6.07, 6.45) is -3.92. The Morgan fingerprint density at radius 2 is 1.43 bits per heavy atom. The minimum absolute atomic E-state index is 0.114. The van der Waals surface area contributed by atoms with Gasteiger partial charge in [-0.25, -0.2) is 9.18 Å². The van der Waals surface area contributed by atoms with E-state index in [9.17, 15) is 9.18 Å². The van der Waals surface area contributed by atoms with Gasteiger partial charge in [-0.2, -0.15) is 0 Å². The van der Waals surface area contributed by atoms with Gasteiger partial charge >= 0.3 is 5.97 Å². The molecule has 0 saturated carbocycles. The lowest BCUT2D eigenvalue weighted by atomic mass is 10.1. The lowest BCUT2D eigenvalue weighted by Crippen LogP contribution is -2.60. The molecule has 5 atom stereocenters. The highest BCUT2D eigenvalue weighted by Crippen LogP contribution is 2.42. The van der Waals surface area contributed by atoms with E-state index in [4.69, 9.17) is 23.4 Å². The smallest absolute Gasteiger partial charge is 0.343 e. The molecule has 0 spiro atoms. The van der Waals surface area contributed by atoms with Crippen LogP contribution in [0, 0.1) is 5.82 Å². The summed E-state index contributed by atoms with van der Waals surface area (Å²) in [5, 5.41) is 2.05. The molecule has 0 radical (unpaired) electrons. The van der Waals surface area contributed by atoms with Crippen LogP contribution in [-0.2, 0) is 23.4 Å². The predicted octanol–water partition coefficient (Wildman–Crippen LogP) is 5.45. The molecule has 2 heterocycles. The van der Waals surface area contributed by atoms with Gasteiger partial charge in [0.25, 0.3) is 8.32 Å². The Morgan fingerprint density at radius 1 is 0.833 bits per heavy atom. The molecular weight excluding hydrogens is 619 g/mol. The third kappa shape index (κ3) is 5.51. The molecule has 2 fully saturated rings. The molecule has 6 nitrogen and oxygen atoms in total. The Morgan fingerprint density at radius 3 is 2.07 bits per heavy atom. The Kier molecular flexibility index (Phi) is 8.48. The van der Waals surface area contributed by atoms with Crippen molar-refractivity contribution in [3.8, 4) is 0 Å². The second-order valence-electron chi connectivity index (χ2n) is 9.97. The van der Waals surface area contributed by atoms with Crippen molar-refractivity contribution in [2.45, 2.75) is 30.9 Å². The van der Waals surface area contributed by atoms with Gasteiger partial charge in [-0.15, -0.1) is 6.58 Å². The summed E-state index contributed by atoms with van der Waals surface area (Å²) in [5.74, 6) is -1.53. The van der Waals surface area contributed by atoms with Crippen LogP contribution in [0.1, 0.15) is 22.2 Å². The lowest BCUT2D eigenvalue weighted by Gasteiger charge is -2.31. The van der Waals surface area contributed by atoms with E-state index in [-0.39, 0.29) is 12.2 Å². The van der Waals surface area contributed by atoms with Crippen molar-refractivity contribution in [3.05, 3.63) is 143 Å². The normalized spacial score (nSPS) is 23.3. The van der Waals surface area contributed by atoms with Crippen molar-refractivity contribution >= 4 is 40.6 Å². The van der Waals surface area contributed by atoms with Gasteiger partial charge in [0.2, 0.25) is 6.29 Å². The molecule has 9 heteroatoms. The number of carbonyl (C=O) groups excluding carboxylic acids is 1. The Labute approximate surface area is 252 Å². The number of hydrogen-bond donors (Lipinski definition) is 0. The molecular formula is C33H28BrFO6Si. The van der Waals surface area contributed by atoms with Crippen LogP contribution in [0.25, 0.3) is 0 Å². The van der Waals surface area contributed by atoms with Gasteiger partial charge in [0.15, 0.2) is 12.4 Å². The van der Waals surface area contributed by atoms with E-state index in [0.29, 0.717) is 0 Å². The number of fused-ring (bicyclic) bond motifs is 1. The zero-order valence-corrected chi connectivity index (χ0v) is 25.1. The van der Waals surface area contributed by atoms with Gasteiger partial charge < -0.3 is 23.4 Å². The largest absolute Gasteiger partial charge is 0.429 e. The van der Waals surface area contributed by atoms with Crippen LogP contribution in [0.2, 0.25) is 0 Å². The second-order valence-corrected chi connectivity index (χ2v) is 14.1. The average Bonchev–Trinajstić information content (AvgIpc) is 3.59. The first kappa shape index (κ1) is 28.7. The van der Waals surface area contributed by atoms with E-state index >= 15 is 0 Å². The van der Waals surface area contributed by atoms with Crippen LogP contribution in [-0.4, -0.2) is 45.5 Å². The summed E-state index contributed by atoms with van der Waals surface area (Å²) in [4.78, 5) is 13.0. The molecule has 0 N–H and O–H groups in total. The van der Waals surface area contributed by atoms with E-state index in [2.05, 4.69) is 22.5 Å². The fraction of sp³-hybridized carbons (Fsp3) is 0.182. The van der Waals surface area contributed by atoms with Crippen LogP contribution >= 0.6 is 15.9 Å². The molecule has 0 aromatic heterocycles. The van der Waals surface area contributed by atoms with E-state index in [1.807, 2.05) is 90.6 Å². The molecule has 0 aliphatic carbocycles. The van der Waals surface area contributed by atoms with Gasteiger partial charge in [0.05, 0.1) is 12.2 Å². The number of esters is 1. The molecule has 2 aliphatic heterocycles. The predicted molar refractivity (Wildman–Crippen MR) is 161 cm³/mol. The van der Waals surface area contributed by atoms with E-state index in [1.165, 1.54) is 18.2 Å². The number of halogens is 2. The quantitative estimate of drug-likeness (QED) is 0.178. The highest BCUT2D eigenvalue weighted by atomic mass is 79.9. The van der Waals surface area contributed by atoms with E-state index in [1.54, 1.807) is 6.07 Å². The van der Waals surface area contributed by atoms with Crippen molar-refractivity contribution in [1.29, 1.82) is 0 Å². The summed E-state index contributed by atoms with van der Waals surface area (Å²) in [7, 11) is -2.91. The van der Waals surface area contributed by atoms with Crippen molar-refractivity contribution in [2.75, 3.05) is 6.61 Å². The Hall–Kier alpha value is -3.44. The van der Waals surface area contributed by atoms with E-state index < -0.39 is 51.0 Å². The molecule has 0 unspecified atom stereocenters. The SMILES string of the molecule is C=C[Si](OC[C@H]1O[C@H](OC(=O)c2ccccc2F)[C@@H]2O[C@H](c3ccccc3Br)O[C@@H]21)(c1ccccc1)c1ccccc1. The fourth-order valence-corrected chi connectivity index (χ4v) is 8.90. The Bertz CT molecular complexity index is 1520. The van der Waals surface area contributed by atoms with Crippen LogP contribution < -0.4 is 10.4 Å². The summed E-state index contributed by atoms with van der Waals surface area (Å²) >= 11 is 3.56. The minimum atomic E-state index is -2.91. The molecule has 42 heavy (non-hydrogen) atoms. The molecule has 214 valence electrons. The minimum Gasteiger partial charge on any atom is -0.429 e. The Balaban J connectivity index is 1.29.